The van der Waals surface area contributed by atoms with Crippen molar-refractivity contribution in [3.63, 3.8) is 0 Å². The fraction of sp³-hybridized carbons (Fsp3) is 0.714. The van der Waals surface area contributed by atoms with Crippen LogP contribution in [0.2, 0.25) is 0 Å². The summed E-state index contributed by atoms with van der Waals surface area (Å²) in [4.78, 5) is 4.18. The van der Waals surface area contributed by atoms with Gasteiger partial charge in [0.2, 0.25) is 0 Å². The van der Waals surface area contributed by atoms with Gasteiger partial charge in [-0.2, -0.15) is 0 Å². The topological polar surface area (TPSA) is 15.3 Å². The molecular weight excluding hydrogens is 308 g/mol. The second kappa shape index (κ2) is 7.63. The Morgan fingerprint density at radius 3 is 2.78 bits per heavy atom. The number of nitrogens with zero attached hydrogens (tertiary/aromatic N) is 1. The third-order valence-electron chi connectivity index (χ3n) is 3.59. The molecule has 0 bridgehead atoms. The van der Waals surface area contributed by atoms with E-state index < -0.39 is 0 Å². The zero-order valence-electron chi connectivity index (χ0n) is 11.1. The Bertz CT molecular complexity index is 347. The van der Waals surface area contributed by atoms with Gasteiger partial charge in [0, 0.05) is 47.0 Å². The van der Waals surface area contributed by atoms with E-state index in [2.05, 4.69) is 44.5 Å². The second-order valence-electron chi connectivity index (χ2n) is 4.96. The monoisotopic (exact) mass is 330 g/mol. The predicted molar refractivity (Wildman–Crippen MR) is 83.3 cm³/mol. The van der Waals surface area contributed by atoms with Gasteiger partial charge in [0.15, 0.2) is 0 Å². The van der Waals surface area contributed by atoms with Crippen LogP contribution in [-0.2, 0) is 0 Å². The molecule has 1 N–H and O–H groups in total. The molecule has 0 amide bonds. The van der Waals surface area contributed by atoms with Crippen molar-refractivity contribution in [3.8, 4) is 0 Å². The fourth-order valence-electron chi connectivity index (χ4n) is 2.59. The predicted octanol–water partition coefficient (Wildman–Crippen LogP) is 4.04. The summed E-state index contributed by atoms with van der Waals surface area (Å²) in [6.45, 7) is 6.92. The molecule has 1 aliphatic heterocycles. The van der Waals surface area contributed by atoms with Crippen molar-refractivity contribution in [3.05, 3.63) is 20.8 Å². The van der Waals surface area contributed by atoms with Crippen LogP contribution in [0.3, 0.4) is 0 Å². The van der Waals surface area contributed by atoms with Crippen molar-refractivity contribution >= 4 is 27.3 Å². The Hall–Kier alpha value is 0.1000. The van der Waals surface area contributed by atoms with E-state index in [1.165, 1.54) is 48.1 Å². The van der Waals surface area contributed by atoms with Crippen LogP contribution >= 0.6 is 27.3 Å². The summed E-state index contributed by atoms with van der Waals surface area (Å²) in [5.41, 5.74) is 0. The van der Waals surface area contributed by atoms with Gasteiger partial charge in [-0.1, -0.05) is 26.2 Å². The number of nitrogens with one attached hydrogen (secondary N) is 1. The van der Waals surface area contributed by atoms with Crippen molar-refractivity contribution in [1.29, 1.82) is 0 Å². The van der Waals surface area contributed by atoms with Crippen molar-refractivity contribution in [1.82, 2.24) is 10.2 Å². The average molecular weight is 331 g/mol. The normalized spacial score (nSPS) is 19.0. The van der Waals surface area contributed by atoms with Crippen molar-refractivity contribution in [2.24, 2.45) is 0 Å². The SMILES string of the molecule is CCCCC[C@@H](c1cc(Br)cs1)N1CCNCC1. The number of unbranched alkanes of at least 4 members (excludes halogenated alkanes) is 2. The first-order valence-corrected chi connectivity index (χ1v) is 8.67. The summed E-state index contributed by atoms with van der Waals surface area (Å²) in [5.74, 6) is 0. The van der Waals surface area contributed by atoms with E-state index in [-0.39, 0.29) is 0 Å². The molecular formula is C14H23BrN2S. The first kappa shape index (κ1) is 14.5. The lowest BCUT2D eigenvalue weighted by Gasteiger charge is -2.34. The maximum Gasteiger partial charge on any atom is 0.0443 e. The van der Waals surface area contributed by atoms with Crippen LogP contribution in [-0.4, -0.2) is 31.1 Å². The van der Waals surface area contributed by atoms with Crippen LogP contribution < -0.4 is 5.32 Å². The Morgan fingerprint density at radius 2 is 2.17 bits per heavy atom. The lowest BCUT2D eigenvalue weighted by Crippen LogP contribution is -2.45. The van der Waals surface area contributed by atoms with E-state index in [1.807, 2.05) is 11.3 Å². The molecule has 2 heterocycles. The second-order valence-corrected chi connectivity index (χ2v) is 6.82. The lowest BCUT2D eigenvalue weighted by molar-refractivity contribution is 0.165. The van der Waals surface area contributed by atoms with Crippen molar-refractivity contribution in [2.75, 3.05) is 26.2 Å². The zero-order chi connectivity index (χ0) is 12.8. The molecule has 0 radical (unpaired) electrons. The molecule has 18 heavy (non-hydrogen) atoms. The van der Waals surface area contributed by atoms with Crippen LogP contribution in [0.5, 0.6) is 0 Å². The molecule has 1 aromatic rings. The highest BCUT2D eigenvalue weighted by Gasteiger charge is 2.22. The van der Waals surface area contributed by atoms with Gasteiger partial charge < -0.3 is 5.32 Å². The summed E-state index contributed by atoms with van der Waals surface area (Å²) in [6, 6.07) is 2.94. The lowest BCUT2D eigenvalue weighted by atomic mass is 10.0. The molecule has 4 heteroatoms. The van der Waals surface area contributed by atoms with Gasteiger partial charge in [-0.15, -0.1) is 11.3 Å². The quantitative estimate of drug-likeness (QED) is 0.792. The highest BCUT2D eigenvalue weighted by molar-refractivity contribution is 9.10. The first-order chi connectivity index (χ1) is 8.81. The fourth-order valence-corrected chi connectivity index (χ4v) is 4.20. The highest BCUT2D eigenvalue weighted by atomic mass is 79.9. The minimum atomic E-state index is 0.634. The zero-order valence-corrected chi connectivity index (χ0v) is 13.5. The molecule has 2 nitrogen and oxygen atoms in total. The number of hydrogen-bond acceptors (Lipinski definition) is 3. The molecule has 1 atom stereocenters. The van der Waals surface area contributed by atoms with Crippen LogP contribution in [0.15, 0.2) is 15.9 Å². The summed E-state index contributed by atoms with van der Waals surface area (Å²) < 4.78 is 1.23. The average Bonchev–Trinajstić information content (AvgIpc) is 2.82. The van der Waals surface area contributed by atoms with Gasteiger partial charge in [-0.25, -0.2) is 0 Å². The molecule has 0 saturated carbocycles. The summed E-state index contributed by atoms with van der Waals surface area (Å²) in [6.07, 6.45) is 5.32. The van der Waals surface area contributed by atoms with Gasteiger partial charge in [0.25, 0.3) is 0 Å². The minimum absolute atomic E-state index is 0.634. The number of rotatable bonds is 6. The van der Waals surface area contributed by atoms with Gasteiger partial charge in [0.05, 0.1) is 0 Å². The molecule has 0 aromatic carbocycles. The van der Waals surface area contributed by atoms with Gasteiger partial charge in [0.1, 0.15) is 0 Å². The number of piperazine rings is 1. The van der Waals surface area contributed by atoms with E-state index in [1.54, 1.807) is 0 Å². The number of halogens is 1. The van der Waals surface area contributed by atoms with Crippen LogP contribution in [0, 0.1) is 0 Å². The molecule has 2 rings (SSSR count). The number of hydrogen-bond donors (Lipinski definition) is 1. The summed E-state index contributed by atoms with van der Waals surface area (Å²) in [7, 11) is 0. The van der Waals surface area contributed by atoms with Crippen LogP contribution in [0.4, 0.5) is 0 Å². The third-order valence-corrected chi connectivity index (χ3v) is 5.38. The summed E-state index contributed by atoms with van der Waals surface area (Å²) >= 11 is 5.49. The maximum atomic E-state index is 3.59. The van der Waals surface area contributed by atoms with Gasteiger partial charge in [-0.3, -0.25) is 4.90 Å². The van der Waals surface area contributed by atoms with E-state index in [0.29, 0.717) is 6.04 Å². The first-order valence-electron chi connectivity index (χ1n) is 7.00. The van der Waals surface area contributed by atoms with Gasteiger partial charge >= 0.3 is 0 Å². The van der Waals surface area contributed by atoms with E-state index in [0.717, 1.165) is 13.1 Å². The minimum Gasteiger partial charge on any atom is -0.314 e. The Labute approximate surface area is 123 Å². The molecule has 1 fully saturated rings. The molecule has 102 valence electrons. The third kappa shape index (κ3) is 4.05. The van der Waals surface area contributed by atoms with E-state index in [4.69, 9.17) is 0 Å². The van der Waals surface area contributed by atoms with E-state index >= 15 is 0 Å². The van der Waals surface area contributed by atoms with Gasteiger partial charge in [-0.05, 0) is 28.4 Å². The molecule has 0 spiro atoms. The summed E-state index contributed by atoms with van der Waals surface area (Å²) in [5, 5.41) is 5.66. The highest BCUT2D eigenvalue weighted by Crippen LogP contribution is 2.33. The Morgan fingerprint density at radius 1 is 1.39 bits per heavy atom. The van der Waals surface area contributed by atoms with E-state index in [9.17, 15) is 0 Å². The molecule has 0 aliphatic carbocycles. The largest absolute Gasteiger partial charge is 0.314 e. The smallest absolute Gasteiger partial charge is 0.0443 e. The standard InChI is InChI=1S/C14H23BrN2S/c1-2-3-4-5-13(14-10-12(15)11-18-14)17-8-6-16-7-9-17/h10-11,13,16H,2-9H2,1H3/t13-/m0/s1. The molecule has 1 aromatic heterocycles. The van der Waals surface area contributed by atoms with Crippen LogP contribution in [0.25, 0.3) is 0 Å². The van der Waals surface area contributed by atoms with Crippen LogP contribution in [0.1, 0.15) is 43.5 Å². The Kier molecular flexibility index (Phi) is 6.15. The molecule has 1 aliphatic rings. The molecule has 0 unspecified atom stereocenters. The van der Waals surface area contributed by atoms with Crippen molar-refractivity contribution < 1.29 is 0 Å². The maximum absolute atomic E-state index is 3.59. The Balaban J connectivity index is 2.01. The van der Waals surface area contributed by atoms with Crippen molar-refractivity contribution in [2.45, 2.75) is 38.6 Å². The molecule has 1 saturated heterocycles. The number of thiophene rings is 1.